The largest absolute Gasteiger partial charge is 0.490 e. The van der Waals surface area contributed by atoms with Crippen molar-refractivity contribution in [1.29, 1.82) is 0 Å². The first kappa shape index (κ1) is 24.4. The van der Waals surface area contributed by atoms with Crippen molar-refractivity contribution in [2.24, 2.45) is 0 Å². The molecule has 7 nitrogen and oxygen atoms in total. The van der Waals surface area contributed by atoms with E-state index in [2.05, 4.69) is 86.6 Å². The highest BCUT2D eigenvalue weighted by Crippen LogP contribution is 2.28. The van der Waals surface area contributed by atoms with Crippen molar-refractivity contribution >= 4 is 21.8 Å². The quantitative estimate of drug-likeness (QED) is 0.232. The van der Waals surface area contributed by atoms with E-state index in [-0.39, 0.29) is 11.7 Å². The lowest BCUT2D eigenvalue weighted by atomic mass is 10.0. The number of aromatic nitrogens is 4. The van der Waals surface area contributed by atoms with Gasteiger partial charge in [-0.15, -0.1) is 0 Å². The summed E-state index contributed by atoms with van der Waals surface area (Å²) in [5, 5.41) is 8.99. The standard InChI is InChI=1S/C33H31N5O2/c1-21-2-6-27(7-3-21)40-28-10-12-38(13-11-28)20-22-4-8-30-24(14-22)17-32(36-30)29-16-25-15-23(26-18-34-35-19-26)5-9-31(25)37-33(29)39/h2-9,14-19,28,36H,10-13,20H2,1H3,(H,34,35)(H,37,39). The van der Waals surface area contributed by atoms with Crippen molar-refractivity contribution in [2.75, 3.05) is 13.1 Å². The van der Waals surface area contributed by atoms with E-state index in [9.17, 15) is 4.79 Å². The van der Waals surface area contributed by atoms with E-state index in [1.807, 2.05) is 24.4 Å². The van der Waals surface area contributed by atoms with Gasteiger partial charge in [0, 0.05) is 47.8 Å². The maximum atomic E-state index is 13.0. The summed E-state index contributed by atoms with van der Waals surface area (Å²) < 4.78 is 6.21. The molecule has 3 aromatic carbocycles. The van der Waals surface area contributed by atoms with Gasteiger partial charge >= 0.3 is 0 Å². The Bertz CT molecular complexity index is 1840. The van der Waals surface area contributed by atoms with Crippen LogP contribution in [0, 0.1) is 6.92 Å². The third kappa shape index (κ3) is 4.92. The molecule has 0 spiro atoms. The number of piperidine rings is 1. The summed E-state index contributed by atoms with van der Waals surface area (Å²) >= 11 is 0. The predicted octanol–water partition coefficient (Wildman–Crippen LogP) is 6.42. The average molecular weight is 530 g/mol. The number of aryl methyl sites for hydroxylation is 1. The highest BCUT2D eigenvalue weighted by molar-refractivity contribution is 5.90. The summed E-state index contributed by atoms with van der Waals surface area (Å²) in [5.41, 5.74) is 7.75. The average Bonchev–Trinajstić information content (AvgIpc) is 3.65. The van der Waals surface area contributed by atoms with Gasteiger partial charge in [0.05, 0.1) is 17.5 Å². The third-order valence-electron chi connectivity index (χ3n) is 7.92. The van der Waals surface area contributed by atoms with Gasteiger partial charge in [-0.2, -0.15) is 5.10 Å². The molecule has 1 aliphatic rings. The molecule has 0 amide bonds. The summed E-state index contributed by atoms with van der Waals surface area (Å²) in [6.45, 7) is 5.03. The van der Waals surface area contributed by atoms with E-state index in [1.54, 1.807) is 6.20 Å². The number of benzene rings is 3. The van der Waals surface area contributed by atoms with E-state index in [0.717, 1.165) is 76.9 Å². The van der Waals surface area contributed by atoms with Gasteiger partial charge in [-0.05, 0) is 84.8 Å². The molecule has 200 valence electrons. The summed E-state index contributed by atoms with van der Waals surface area (Å²) in [6, 6.07) is 24.9. The van der Waals surface area contributed by atoms with Crippen LogP contribution < -0.4 is 10.3 Å². The molecule has 1 fully saturated rings. The fourth-order valence-electron chi connectivity index (χ4n) is 5.67. The number of nitrogens with one attached hydrogen (secondary N) is 3. The van der Waals surface area contributed by atoms with E-state index < -0.39 is 0 Å². The van der Waals surface area contributed by atoms with Crippen molar-refractivity contribution in [3.05, 3.63) is 107 Å². The van der Waals surface area contributed by atoms with Crippen LogP contribution in [0.3, 0.4) is 0 Å². The molecule has 1 saturated heterocycles. The van der Waals surface area contributed by atoms with Gasteiger partial charge in [0.15, 0.2) is 0 Å². The van der Waals surface area contributed by atoms with Crippen LogP contribution in [0.2, 0.25) is 0 Å². The molecule has 0 radical (unpaired) electrons. The van der Waals surface area contributed by atoms with Crippen molar-refractivity contribution in [1.82, 2.24) is 25.1 Å². The Morgan fingerprint density at radius 2 is 1.65 bits per heavy atom. The number of pyridine rings is 1. The van der Waals surface area contributed by atoms with Crippen LogP contribution in [0.4, 0.5) is 0 Å². The molecular formula is C33H31N5O2. The van der Waals surface area contributed by atoms with Crippen LogP contribution in [0.5, 0.6) is 5.75 Å². The smallest absolute Gasteiger partial charge is 0.257 e. The van der Waals surface area contributed by atoms with Crippen molar-refractivity contribution in [3.8, 4) is 28.1 Å². The van der Waals surface area contributed by atoms with Gasteiger partial charge in [-0.3, -0.25) is 14.8 Å². The van der Waals surface area contributed by atoms with E-state index in [4.69, 9.17) is 4.74 Å². The second-order valence-corrected chi connectivity index (χ2v) is 10.8. The lowest BCUT2D eigenvalue weighted by Gasteiger charge is -2.32. The highest BCUT2D eigenvalue weighted by atomic mass is 16.5. The van der Waals surface area contributed by atoms with Gasteiger partial charge in [0.2, 0.25) is 0 Å². The number of likely N-dealkylation sites (tertiary alicyclic amines) is 1. The van der Waals surface area contributed by atoms with E-state index in [1.165, 1.54) is 11.1 Å². The molecule has 0 aliphatic carbocycles. The van der Waals surface area contributed by atoms with E-state index >= 15 is 0 Å². The van der Waals surface area contributed by atoms with Gasteiger partial charge in [0.25, 0.3) is 5.56 Å². The second kappa shape index (κ2) is 10.2. The van der Waals surface area contributed by atoms with Crippen molar-refractivity contribution < 1.29 is 4.74 Å². The first-order valence-electron chi connectivity index (χ1n) is 13.8. The van der Waals surface area contributed by atoms with Crippen molar-refractivity contribution in [3.63, 3.8) is 0 Å². The fourth-order valence-corrected chi connectivity index (χ4v) is 5.67. The second-order valence-electron chi connectivity index (χ2n) is 10.8. The summed E-state index contributed by atoms with van der Waals surface area (Å²) in [7, 11) is 0. The van der Waals surface area contributed by atoms with E-state index in [0.29, 0.717) is 5.56 Å². The number of ether oxygens (including phenoxy) is 1. The maximum Gasteiger partial charge on any atom is 0.257 e. The molecule has 40 heavy (non-hydrogen) atoms. The minimum atomic E-state index is -0.105. The Labute approximate surface area is 231 Å². The fraction of sp³-hybridized carbons (Fsp3) is 0.212. The molecule has 4 heterocycles. The Hall–Kier alpha value is -4.62. The molecule has 1 aliphatic heterocycles. The number of H-pyrrole nitrogens is 3. The third-order valence-corrected chi connectivity index (χ3v) is 7.92. The summed E-state index contributed by atoms with van der Waals surface area (Å²) in [6.07, 6.45) is 5.98. The van der Waals surface area contributed by atoms with Crippen LogP contribution in [0.25, 0.3) is 44.2 Å². The van der Waals surface area contributed by atoms with Crippen LogP contribution in [0.1, 0.15) is 24.0 Å². The molecule has 7 rings (SSSR count). The maximum absolute atomic E-state index is 13.0. The Morgan fingerprint density at radius 3 is 2.45 bits per heavy atom. The number of hydrogen-bond acceptors (Lipinski definition) is 4. The van der Waals surface area contributed by atoms with Gasteiger partial charge < -0.3 is 14.7 Å². The van der Waals surface area contributed by atoms with Gasteiger partial charge in [0.1, 0.15) is 11.9 Å². The zero-order chi connectivity index (χ0) is 27.1. The first-order valence-corrected chi connectivity index (χ1v) is 13.8. The molecule has 0 atom stereocenters. The van der Waals surface area contributed by atoms with Crippen LogP contribution in [0.15, 0.2) is 90.0 Å². The number of hydrogen-bond donors (Lipinski definition) is 3. The first-order chi connectivity index (χ1) is 19.6. The number of nitrogens with zero attached hydrogens (tertiary/aromatic N) is 2. The topological polar surface area (TPSA) is 89.8 Å². The minimum absolute atomic E-state index is 0.105. The molecule has 3 aromatic heterocycles. The molecular weight excluding hydrogens is 498 g/mol. The highest BCUT2D eigenvalue weighted by Gasteiger charge is 2.21. The monoisotopic (exact) mass is 529 g/mol. The molecule has 0 saturated carbocycles. The van der Waals surface area contributed by atoms with Gasteiger partial charge in [-0.1, -0.05) is 29.8 Å². The van der Waals surface area contributed by atoms with Crippen LogP contribution in [-0.4, -0.2) is 44.3 Å². The number of fused-ring (bicyclic) bond motifs is 2. The Kier molecular flexibility index (Phi) is 6.21. The van der Waals surface area contributed by atoms with Gasteiger partial charge in [-0.25, -0.2) is 0 Å². The van der Waals surface area contributed by atoms with Crippen molar-refractivity contribution in [2.45, 2.75) is 32.4 Å². The molecule has 6 aromatic rings. The Balaban J connectivity index is 1.07. The summed E-state index contributed by atoms with van der Waals surface area (Å²) in [4.78, 5) is 22.0. The molecule has 0 unspecified atom stereocenters. The number of rotatable bonds is 6. The molecule has 0 bridgehead atoms. The lowest BCUT2D eigenvalue weighted by molar-refractivity contribution is 0.0968. The Morgan fingerprint density at radius 1 is 0.875 bits per heavy atom. The normalized spacial score (nSPS) is 14.7. The zero-order valence-corrected chi connectivity index (χ0v) is 22.4. The molecule has 7 heteroatoms. The lowest BCUT2D eigenvalue weighted by Crippen LogP contribution is -2.37. The minimum Gasteiger partial charge on any atom is -0.490 e. The SMILES string of the molecule is Cc1ccc(OC2CCN(Cc3ccc4[nH]c(-c5cc6cc(-c7cn[nH]c7)ccc6[nH]c5=O)cc4c3)CC2)cc1. The zero-order valence-electron chi connectivity index (χ0n) is 22.4. The van der Waals surface area contributed by atoms with Crippen LogP contribution in [-0.2, 0) is 6.54 Å². The number of aromatic amines is 3. The molecule has 3 N–H and O–H groups in total. The van der Waals surface area contributed by atoms with Crippen LogP contribution >= 0.6 is 0 Å². The summed E-state index contributed by atoms with van der Waals surface area (Å²) in [5.74, 6) is 0.960. The predicted molar refractivity (Wildman–Crippen MR) is 160 cm³/mol.